The Morgan fingerprint density at radius 2 is 2.13 bits per heavy atom. The maximum absolute atomic E-state index is 11.0. The van der Waals surface area contributed by atoms with Crippen LogP contribution < -0.4 is 9.47 Å². The Hall–Kier alpha value is -3.70. The first-order chi connectivity index (χ1) is 15.0. The van der Waals surface area contributed by atoms with Gasteiger partial charge in [0.1, 0.15) is 11.1 Å². The van der Waals surface area contributed by atoms with Crippen molar-refractivity contribution < 1.29 is 14.4 Å². The number of ether oxygens (including phenoxy) is 2. The summed E-state index contributed by atoms with van der Waals surface area (Å²) in [6.45, 7) is 2.71. The zero-order valence-corrected chi connectivity index (χ0v) is 18.0. The molecule has 0 fully saturated rings. The van der Waals surface area contributed by atoms with Crippen LogP contribution in [0.5, 0.6) is 11.5 Å². The molecule has 2 aromatic carbocycles. The predicted octanol–water partition coefficient (Wildman–Crippen LogP) is 5.97. The van der Waals surface area contributed by atoms with Gasteiger partial charge in [-0.15, -0.1) is 11.3 Å². The monoisotopic (exact) mass is 435 g/mol. The van der Waals surface area contributed by atoms with Gasteiger partial charge in [-0.05, 0) is 30.2 Å². The number of thiazole rings is 1. The maximum atomic E-state index is 11.0. The minimum absolute atomic E-state index is 0.00330. The molecule has 0 aliphatic carbocycles. The van der Waals surface area contributed by atoms with Crippen molar-refractivity contribution in [3.63, 3.8) is 0 Å². The average Bonchev–Trinajstić information content (AvgIpc) is 3.28. The summed E-state index contributed by atoms with van der Waals surface area (Å²) in [5.41, 5.74) is 2.38. The lowest BCUT2D eigenvalue weighted by molar-refractivity contribution is -0.384. The number of non-ortho nitro benzene ring substituents is 1. The number of hydrogen-bond acceptors (Lipinski definition) is 7. The van der Waals surface area contributed by atoms with E-state index < -0.39 is 4.92 Å². The molecule has 0 spiro atoms. The van der Waals surface area contributed by atoms with E-state index in [9.17, 15) is 15.4 Å². The molecule has 1 heterocycles. The summed E-state index contributed by atoms with van der Waals surface area (Å²) in [5, 5.41) is 23.0. The summed E-state index contributed by atoms with van der Waals surface area (Å²) in [7, 11) is 1.58. The fraction of sp³-hybridized carbons (Fsp3) is 0.217. The number of hydrogen-bond donors (Lipinski definition) is 0. The first-order valence-electron chi connectivity index (χ1n) is 9.69. The molecule has 8 heteroatoms. The molecule has 0 saturated heterocycles. The molecule has 1 aromatic heterocycles. The van der Waals surface area contributed by atoms with Crippen molar-refractivity contribution in [2.24, 2.45) is 0 Å². The van der Waals surface area contributed by atoms with Gasteiger partial charge in [0.05, 0.1) is 29.9 Å². The van der Waals surface area contributed by atoms with Crippen molar-refractivity contribution in [2.45, 2.75) is 19.8 Å². The standard InChI is InChI=1S/C23H21N3O4S/c1-3-4-10-30-21-9-8-16(12-22(21)29-2)11-18(14-24)23-25-20(15-31-23)17-6-5-7-19(13-17)26(27)28/h5-9,11-13,15H,3-4,10H2,1-2H3/b18-11+. The fourth-order valence-electron chi connectivity index (χ4n) is 2.84. The molecular weight excluding hydrogens is 414 g/mol. The van der Waals surface area contributed by atoms with E-state index in [0.717, 1.165) is 18.4 Å². The Morgan fingerprint density at radius 1 is 1.29 bits per heavy atom. The van der Waals surface area contributed by atoms with Gasteiger partial charge < -0.3 is 9.47 Å². The molecule has 0 amide bonds. The van der Waals surface area contributed by atoms with Gasteiger partial charge in [0.25, 0.3) is 5.69 Å². The lowest BCUT2D eigenvalue weighted by Crippen LogP contribution is -1.99. The largest absolute Gasteiger partial charge is 0.493 e. The minimum Gasteiger partial charge on any atom is -0.493 e. The Kier molecular flexibility index (Phi) is 7.35. The lowest BCUT2D eigenvalue weighted by atomic mass is 10.1. The zero-order valence-electron chi connectivity index (χ0n) is 17.2. The molecule has 0 unspecified atom stereocenters. The number of aromatic nitrogens is 1. The third-order valence-corrected chi connectivity index (χ3v) is 5.34. The molecule has 3 rings (SSSR count). The van der Waals surface area contributed by atoms with Gasteiger partial charge in [0.2, 0.25) is 0 Å². The molecule has 7 nitrogen and oxygen atoms in total. The van der Waals surface area contributed by atoms with Crippen LogP contribution in [0, 0.1) is 21.4 Å². The second-order valence-electron chi connectivity index (χ2n) is 6.63. The van der Waals surface area contributed by atoms with Crippen molar-refractivity contribution in [1.82, 2.24) is 4.98 Å². The van der Waals surface area contributed by atoms with Crippen molar-refractivity contribution in [3.8, 4) is 28.8 Å². The smallest absolute Gasteiger partial charge is 0.270 e. The molecule has 0 atom stereocenters. The molecule has 158 valence electrons. The number of nitriles is 1. The van der Waals surface area contributed by atoms with Crippen LogP contribution in [-0.2, 0) is 0 Å². The molecule has 0 aliphatic rings. The number of nitrogens with zero attached hydrogens (tertiary/aromatic N) is 3. The van der Waals surface area contributed by atoms with Crippen molar-refractivity contribution in [3.05, 3.63) is 68.5 Å². The topological polar surface area (TPSA) is 98.3 Å². The SMILES string of the molecule is CCCCOc1ccc(/C=C(\C#N)c2nc(-c3cccc([N+](=O)[O-])c3)cs2)cc1OC. The third-order valence-electron chi connectivity index (χ3n) is 4.46. The quantitative estimate of drug-likeness (QED) is 0.178. The highest BCUT2D eigenvalue weighted by molar-refractivity contribution is 7.11. The fourth-order valence-corrected chi connectivity index (χ4v) is 3.63. The number of unbranched alkanes of at least 4 members (excludes halogenated alkanes) is 1. The van der Waals surface area contributed by atoms with Crippen LogP contribution in [0.15, 0.2) is 47.8 Å². The van der Waals surface area contributed by atoms with Crippen LogP contribution in [0.2, 0.25) is 0 Å². The van der Waals surface area contributed by atoms with Crippen molar-refractivity contribution in [1.29, 1.82) is 5.26 Å². The summed E-state index contributed by atoms with van der Waals surface area (Å²) in [4.78, 5) is 15.1. The molecule has 3 aromatic rings. The molecule has 0 saturated carbocycles. The van der Waals surface area contributed by atoms with E-state index in [1.807, 2.05) is 18.2 Å². The Balaban J connectivity index is 1.87. The van der Waals surface area contributed by atoms with E-state index in [0.29, 0.717) is 39.9 Å². The number of methoxy groups -OCH3 is 1. The van der Waals surface area contributed by atoms with E-state index in [4.69, 9.17) is 9.47 Å². The third kappa shape index (κ3) is 5.47. The molecule has 0 aliphatic heterocycles. The number of nitro benzene ring substituents is 1. The number of nitro groups is 1. The summed E-state index contributed by atoms with van der Waals surface area (Å²) in [6, 6.07) is 13.9. The van der Waals surface area contributed by atoms with E-state index in [2.05, 4.69) is 18.0 Å². The van der Waals surface area contributed by atoms with Gasteiger partial charge >= 0.3 is 0 Å². The van der Waals surface area contributed by atoms with Gasteiger partial charge in [-0.3, -0.25) is 10.1 Å². The van der Waals surface area contributed by atoms with Gasteiger partial charge in [0.15, 0.2) is 11.5 Å². The maximum Gasteiger partial charge on any atom is 0.270 e. The first-order valence-corrected chi connectivity index (χ1v) is 10.6. The minimum atomic E-state index is -0.444. The second kappa shape index (κ2) is 10.4. The molecular formula is C23H21N3O4S. The average molecular weight is 436 g/mol. The highest BCUT2D eigenvalue weighted by Crippen LogP contribution is 2.32. The Bertz CT molecular complexity index is 1150. The predicted molar refractivity (Wildman–Crippen MR) is 121 cm³/mol. The van der Waals surface area contributed by atoms with E-state index in [-0.39, 0.29) is 5.69 Å². The van der Waals surface area contributed by atoms with E-state index in [1.54, 1.807) is 30.7 Å². The van der Waals surface area contributed by atoms with Crippen LogP contribution in [0.1, 0.15) is 30.3 Å². The first kappa shape index (κ1) is 22.0. The number of allylic oxidation sites excluding steroid dienone is 1. The Labute approximate surface area is 184 Å². The molecule has 0 N–H and O–H groups in total. The number of benzene rings is 2. The highest BCUT2D eigenvalue weighted by atomic mass is 32.1. The Morgan fingerprint density at radius 3 is 2.84 bits per heavy atom. The van der Waals surface area contributed by atoms with E-state index >= 15 is 0 Å². The van der Waals surface area contributed by atoms with Gasteiger partial charge in [0, 0.05) is 23.1 Å². The normalized spacial score (nSPS) is 11.1. The van der Waals surface area contributed by atoms with Gasteiger partial charge in [-0.1, -0.05) is 31.5 Å². The van der Waals surface area contributed by atoms with Crippen LogP contribution in [0.3, 0.4) is 0 Å². The van der Waals surface area contributed by atoms with Gasteiger partial charge in [-0.2, -0.15) is 5.26 Å². The second-order valence-corrected chi connectivity index (χ2v) is 7.49. The van der Waals surface area contributed by atoms with Gasteiger partial charge in [-0.25, -0.2) is 4.98 Å². The molecule has 31 heavy (non-hydrogen) atoms. The summed E-state index contributed by atoms with van der Waals surface area (Å²) >= 11 is 1.31. The van der Waals surface area contributed by atoms with Crippen molar-refractivity contribution >= 4 is 28.7 Å². The van der Waals surface area contributed by atoms with E-state index in [1.165, 1.54) is 23.5 Å². The summed E-state index contributed by atoms with van der Waals surface area (Å²) in [6.07, 6.45) is 3.73. The van der Waals surface area contributed by atoms with Crippen LogP contribution >= 0.6 is 11.3 Å². The lowest BCUT2D eigenvalue weighted by Gasteiger charge is -2.11. The van der Waals surface area contributed by atoms with Crippen LogP contribution in [0.4, 0.5) is 5.69 Å². The highest BCUT2D eigenvalue weighted by Gasteiger charge is 2.13. The summed E-state index contributed by atoms with van der Waals surface area (Å²) < 4.78 is 11.2. The summed E-state index contributed by atoms with van der Waals surface area (Å²) in [5.74, 6) is 1.26. The van der Waals surface area contributed by atoms with Crippen LogP contribution in [0.25, 0.3) is 22.9 Å². The molecule has 0 bridgehead atoms. The zero-order chi connectivity index (χ0) is 22.2. The number of rotatable bonds is 9. The van der Waals surface area contributed by atoms with Crippen LogP contribution in [-0.4, -0.2) is 23.6 Å². The molecule has 0 radical (unpaired) electrons. The van der Waals surface area contributed by atoms with Crippen molar-refractivity contribution in [2.75, 3.05) is 13.7 Å².